The van der Waals surface area contributed by atoms with Crippen molar-refractivity contribution >= 4 is 27.7 Å². The van der Waals surface area contributed by atoms with Gasteiger partial charge in [-0.3, -0.25) is 4.79 Å². The quantitative estimate of drug-likeness (QED) is 0.572. The lowest BCUT2D eigenvalue weighted by Gasteiger charge is -2.19. The summed E-state index contributed by atoms with van der Waals surface area (Å²) in [5.74, 6) is -0.273. The summed E-state index contributed by atoms with van der Waals surface area (Å²) >= 11 is 1.52. The predicted molar refractivity (Wildman–Crippen MR) is 97.7 cm³/mol. The fraction of sp³-hybridized carbons (Fsp3) is 0.471. The number of rotatable bonds is 7. The Balaban J connectivity index is 2.22. The highest BCUT2D eigenvalue weighted by Crippen LogP contribution is 2.35. The third-order valence-electron chi connectivity index (χ3n) is 3.84. The highest BCUT2D eigenvalue weighted by molar-refractivity contribution is 8.00. The molecule has 0 aromatic heterocycles. The van der Waals surface area contributed by atoms with Crippen molar-refractivity contribution in [3.05, 3.63) is 35.9 Å². The van der Waals surface area contributed by atoms with E-state index in [1.165, 1.54) is 17.8 Å². The first-order valence-electron chi connectivity index (χ1n) is 8.18. The molecule has 24 heavy (non-hydrogen) atoms. The second-order valence-electron chi connectivity index (χ2n) is 5.84. The molecule has 0 fully saturated rings. The van der Waals surface area contributed by atoms with Crippen LogP contribution in [0.3, 0.4) is 0 Å². The number of carbonyl (C=O) groups is 1. The van der Waals surface area contributed by atoms with Crippen molar-refractivity contribution < 1.29 is 13.2 Å². The Morgan fingerprint density at radius 1 is 1.38 bits per heavy atom. The van der Waals surface area contributed by atoms with Gasteiger partial charge in [0.2, 0.25) is 10.0 Å². The van der Waals surface area contributed by atoms with Gasteiger partial charge in [0.25, 0.3) is 5.91 Å². The smallest absolute Gasteiger partial charge is 0.251 e. The number of benzene rings is 1. The van der Waals surface area contributed by atoms with Crippen LogP contribution in [0.5, 0.6) is 0 Å². The minimum Gasteiger partial charge on any atom is -0.352 e. The van der Waals surface area contributed by atoms with Gasteiger partial charge >= 0.3 is 0 Å². The number of allylic oxidation sites excluding steroid dienone is 2. The molecule has 1 aromatic rings. The maximum Gasteiger partial charge on any atom is 0.251 e. The maximum absolute atomic E-state index is 12.1. The monoisotopic (exact) mass is 368 g/mol. The average molecular weight is 369 g/mol. The summed E-state index contributed by atoms with van der Waals surface area (Å²) in [6.07, 6.45) is 9.04. The van der Waals surface area contributed by atoms with E-state index in [9.17, 15) is 13.2 Å². The molecular weight excluding hydrogens is 344 g/mol. The van der Waals surface area contributed by atoms with Crippen LogP contribution in [0.15, 0.2) is 40.1 Å². The lowest BCUT2D eigenvalue weighted by molar-refractivity contribution is 0.0953. The predicted octanol–water partition coefficient (Wildman–Crippen LogP) is 3.06. The van der Waals surface area contributed by atoms with Gasteiger partial charge in [0, 0.05) is 22.3 Å². The van der Waals surface area contributed by atoms with Crippen LogP contribution in [0, 0.1) is 0 Å². The molecular formula is C17H24N2O3S2. The van der Waals surface area contributed by atoms with Gasteiger partial charge in [-0.1, -0.05) is 25.5 Å². The number of nitrogens with two attached hydrogens (primary N) is 1. The number of hydrogen-bond acceptors (Lipinski definition) is 4. The second kappa shape index (κ2) is 8.69. The van der Waals surface area contributed by atoms with Crippen LogP contribution in [0.4, 0.5) is 0 Å². The van der Waals surface area contributed by atoms with E-state index >= 15 is 0 Å². The van der Waals surface area contributed by atoms with E-state index in [0.29, 0.717) is 22.3 Å². The number of unbranched alkanes of at least 4 members (excludes halogenated alkanes) is 1. The number of amides is 1. The molecule has 0 saturated carbocycles. The highest BCUT2D eigenvalue weighted by atomic mass is 32.2. The number of thioether (sulfide) groups is 1. The van der Waals surface area contributed by atoms with E-state index < -0.39 is 10.0 Å². The van der Waals surface area contributed by atoms with E-state index in [2.05, 4.69) is 17.5 Å². The van der Waals surface area contributed by atoms with Gasteiger partial charge in [-0.2, -0.15) is 0 Å². The Hall–Kier alpha value is -1.31. The van der Waals surface area contributed by atoms with Crippen molar-refractivity contribution in [1.82, 2.24) is 5.32 Å². The molecule has 1 atom stereocenters. The SMILES string of the molecule is CCCCNC(=O)c1ccc(S[C@H]2CC=CCC2)c(S(N)(=O)=O)c1. The van der Waals surface area contributed by atoms with Crippen LogP contribution in [0.1, 0.15) is 49.4 Å². The van der Waals surface area contributed by atoms with Gasteiger partial charge < -0.3 is 5.32 Å². The lowest BCUT2D eigenvalue weighted by atomic mass is 10.1. The van der Waals surface area contributed by atoms with Crippen molar-refractivity contribution in [3.63, 3.8) is 0 Å². The topological polar surface area (TPSA) is 89.3 Å². The normalized spacial score (nSPS) is 17.7. The second-order valence-corrected chi connectivity index (χ2v) is 8.71. The van der Waals surface area contributed by atoms with E-state index in [1.54, 1.807) is 12.1 Å². The number of carbonyl (C=O) groups excluding carboxylic acids is 1. The summed E-state index contributed by atoms with van der Waals surface area (Å²) in [5, 5.41) is 8.49. The first kappa shape index (κ1) is 19.0. The van der Waals surface area contributed by atoms with Crippen LogP contribution in [-0.4, -0.2) is 26.1 Å². The summed E-state index contributed by atoms with van der Waals surface area (Å²) in [7, 11) is -3.88. The van der Waals surface area contributed by atoms with Crippen molar-refractivity contribution in [2.45, 2.75) is 54.1 Å². The third-order valence-corrected chi connectivity index (χ3v) is 6.29. The molecule has 2 rings (SSSR count). The number of sulfonamides is 1. The van der Waals surface area contributed by atoms with Gasteiger partial charge in [0.15, 0.2) is 0 Å². The zero-order valence-electron chi connectivity index (χ0n) is 13.8. The number of primary sulfonamides is 1. The highest BCUT2D eigenvalue weighted by Gasteiger charge is 2.21. The molecule has 0 aliphatic heterocycles. The number of nitrogens with one attached hydrogen (secondary N) is 1. The summed E-state index contributed by atoms with van der Waals surface area (Å²) < 4.78 is 23.9. The Labute approximate surface area is 148 Å². The molecule has 7 heteroatoms. The molecule has 3 N–H and O–H groups in total. The molecule has 5 nitrogen and oxygen atoms in total. The Kier molecular flexibility index (Phi) is 6.89. The Morgan fingerprint density at radius 3 is 2.79 bits per heavy atom. The standard InChI is InChI=1S/C17H24N2O3S2/c1-2-3-11-19-17(20)13-9-10-15(16(12-13)24(18,21)22)23-14-7-5-4-6-8-14/h4-5,9-10,12,14H,2-3,6-8,11H2,1H3,(H,19,20)(H2,18,21,22)/t14-/m0/s1. The first-order valence-corrected chi connectivity index (χ1v) is 10.6. The molecule has 1 aromatic carbocycles. The minimum atomic E-state index is -3.88. The summed E-state index contributed by atoms with van der Waals surface area (Å²) in [6.45, 7) is 2.61. The zero-order valence-corrected chi connectivity index (χ0v) is 15.5. The summed E-state index contributed by atoms with van der Waals surface area (Å²) in [5.41, 5.74) is 0.322. The molecule has 0 unspecified atom stereocenters. The van der Waals surface area contributed by atoms with Crippen LogP contribution in [0.25, 0.3) is 0 Å². The van der Waals surface area contributed by atoms with Crippen molar-refractivity contribution in [3.8, 4) is 0 Å². The molecule has 1 aliphatic carbocycles. The van der Waals surface area contributed by atoms with E-state index in [1.807, 2.05) is 6.92 Å². The maximum atomic E-state index is 12.1. The molecule has 0 saturated heterocycles. The van der Waals surface area contributed by atoms with Crippen molar-refractivity contribution in [2.75, 3.05) is 6.54 Å². The average Bonchev–Trinajstić information content (AvgIpc) is 2.55. The van der Waals surface area contributed by atoms with E-state index in [4.69, 9.17) is 5.14 Å². The summed E-state index contributed by atoms with van der Waals surface area (Å²) in [6, 6.07) is 4.74. The lowest BCUT2D eigenvalue weighted by Crippen LogP contribution is -2.25. The van der Waals surface area contributed by atoms with Crippen molar-refractivity contribution in [2.24, 2.45) is 5.14 Å². The molecule has 132 valence electrons. The Morgan fingerprint density at radius 2 is 2.17 bits per heavy atom. The number of hydrogen-bond donors (Lipinski definition) is 2. The minimum absolute atomic E-state index is 0.0326. The molecule has 0 bridgehead atoms. The first-order chi connectivity index (χ1) is 11.4. The van der Waals surface area contributed by atoms with Crippen LogP contribution in [-0.2, 0) is 10.0 Å². The van der Waals surface area contributed by atoms with Gasteiger partial charge in [0.1, 0.15) is 0 Å². The Bertz CT molecular complexity index is 715. The fourth-order valence-electron chi connectivity index (χ4n) is 2.50. The van der Waals surface area contributed by atoms with Gasteiger partial charge in [-0.15, -0.1) is 11.8 Å². The molecule has 0 spiro atoms. The molecule has 0 radical (unpaired) electrons. The van der Waals surface area contributed by atoms with E-state index in [-0.39, 0.29) is 10.8 Å². The third kappa shape index (κ3) is 5.36. The zero-order chi connectivity index (χ0) is 17.6. The molecule has 1 aliphatic rings. The van der Waals surface area contributed by atoms with Gasteiger partial charge in [0.05, 0.1) is 4.90 Å². The summed E-state index contributed by atoms with van der Waals surface area (Å²) in [4.78, 5) is 12.8. The van der Waals surface area contributed by atoms with E-state index in [0.717, 1.165) is 32.1 Å². The van der Waals surface area contributed by atoms with Gasteiger partial charge in [-0.25, -0.2) is 13.6 Å². The van der Waals surface area contributed by atoms with Crippen molar-refractivity contribution in [1.29, 1.82) is 0 Å². The van der Waals surface area contributed by atoms with Crippen LogP contribution < -0.4 is 10.5 Å². The molecule has 0 heterocycles. The fourth-order valence-corrected chi connectivity index (χ4v) is 4.78. The van der Waals surface area contributed by atoms with Gasteiger partial charge in [-0.05, 0) is 43.9 Å². The van der Waals surface area contributed by atoms with Crippen LogP contribution in [0.2, 0.25) is 0 Å². The molecule has 1 amide bonds. The largest absolute Gasteiger partial charge is 0.352 e. The van der Waals surface area contributed by atoms with Crippen LogP contribution >= 0.6 is 11.8 Å².